The first-order valence-electron chi connectivity index (χ1n) is 7.69. The second kappa shape index (κ2) is 6.54. The van der Waals surface area contributed by atoms with E-state index in [0.717, 1.165) is 11.3 Å². The summed E-state index contributed by atoms with van der Waals surface area (Å²) in [5, 5.41) is 0.397. The molecule has 0 spiro atoms. The molecule has 0 fully saturated rings. The van der Waals surface area contributed by atoms with Crippen LogP contribution < -0.4 is 21.8 Å². The van der Waals surface area contributed by atoms with Gasteiger partial charge < -0.3 is 15.0 Å². The minimum absolute atomic E-state index is 0.180. The Balaban J connectivity index is 2.13. The number of benzene rings is 1. The number of nitrogens with zero attached hydrogens (tertiary/aromatic N) is 1. The molecule has 0 aliphatic rings. The highest BCUT2D eigenvalue weighted by Crippen LogP contribution is 2.14. The van der Waals surface area contributed by atoms with E-state index in [9.17, 15) is 9.59 Å². The molecule has 122 valence electrons. The van der Waals surface area contributed by atoms with Gasteiger partial charge in [0.2, 0.25) is 0 Å². The van der Waals surface area contributed by atoms with Crippen molar-refractivity contribution < 1.29 is 0 Å². The van der Waals surface area contributed by atoms with Crippen LogP contribution in [0.3, 0.4) is 0 Å². The molecule has 2 aromatic heterocycles. The van der Waals surface area contributed by atoms with E-state index in [2.05, 4.69) is 19.9 Å². The highest BCUT2D eigenvalue weighted by atomic mass is 16.1. The summed E-state index contributed by atoms with van der Waals surface area (Å²) in [5.74, 6) is 0.232. The van der Waals surface area contributed by atoms with Gasteiger partial charge in [-0.1, -0.05) is 44.2 Å². The van der Waals surface area contributed by atoms with Crippen LogP contribution in [0.4, 0.5) is 0 Å². The number of aromatic nitrogens is 4. The summed E-state index contributed by atoms with van der Waals surface area (Å²) in [6.07, 6.45) is 4.79. The van der Waals surface area contributed by atoms with Crippen LogP contribution in [0.15, 0.2) is 46.2 Å². The fourth-order valence-electron chi connectivity index (χ4n) is 2.44. The van der Waals surface area contributed by atoms with Gasteiger partial charge in [0.05, 0.1) is 12.0 Å². The van der Waals surface area contributed by atoms with Crippen molar-refractivity contribution in [2.24, 2.45) is 0 Å². The SMILES string of the molecule is CC(C)c1[nH]cnc1/C=c1\[nH]c(=O)/c(=C/c2ccccc2)[nH]c1=O. The van der Waals surface area contributed by atoms with Crippen LogP contribution >= 0.6 is 0 Å². The second-order valence-corrected chi connectivity index (χ2v) is 5.79. The molecule has 0 unspecified atom stereocenters. The van der Waals surface area contributed by atoms with E-state index in [0.29, 0.717) is 5.69 Å². The van der Waals surface area contributed by atoms with Gasteiger partial charge in [-0.05, 0) is 23.6 Å². The highest BCUT2D eigenvalue weighted by Gasteiger charge is 2.07. The minimum Gasteiger partial charge on any atom is -0.348 e. The number of rotatable bonds is 3. The lowest BCUT2D eigenvalue weighted by Crippen LogP contribution is -2.46. The third kappa shape index (κ3) is 3.27. The Kier molecular flexibility index (Phi) is 4.29. The van der Waals surface area contributed by atoms with Gasteiger partial charge in [-0.3, -0.25) is 9.59 Å². The summed E-state index contributed by atoms with van der Waals surface area (Å²) in [6.45, 7) is 4.05. The van der Waals surface area contributed by atoms with E-state index >= 15 is 0 Å². The summed E-state index contributed by atoms with van der Waals surface area (Å²) in [7, 11) is 0. The Morgan fingerprint density at radius 2 is 1.58 bits per heavy atom. The fraction of sp³-hybridized carbons (Fsp3) is 0.167. The van der Waals surface area contributed by atoms with E-state index in [4.69, 9.17) is 0 Å². The van der Waals surface area contributed by atoms with Crippen LogP contribution in [0, 0.1) is 0 Å². The van der Waals surface area contributed by atoms with Crippen molar-refractivity contribution in [2.75, 3.05) is 0 Å². The van der Waals surface area contributed by atoms with Gasteiger partial charge >= 0.3 is 0 Å². The summed E-state index contributed by atoms with van der Waals surface area (Å²) < 4.78 is 0. The van der Waals surface area contributed by atoms with Crippen LogP contribution in [-0.4, -0.2) is 19.9 Å². The van der Waals surface area contributed by atoms with Crippen molar-refractivity contribution in [1.82, 2.24) is 19.9 Å². The van der Waals surface area contributed by atoms with Crippen LogP contribution in [0.1, 0.15) is 36.7 Å². The van der Waals surface area contributed by atoms with Gasteiger partial charge in [0, 0.05) is 5.69 Å². The highest BCUT2D eigenvalue weighted by molar-refractivity contribution is 5.48. The van der Waals surface area contributed by atoms with Crippen molar-refractivity contribution in [3.63, 3.8) is 0 Å². The monoisotopic (exact) mass is 322 g/mol. The third-order valence-electron chi connectivity index (χ3n) is 3.65. The maximum atomic E-state index is 12.3. The predicted molar refractivity (Wildman–Crippen MR) is 93.2 cm³/mol. The molecule has 0 radical (unpaired) electrons. The Morgan fingerprint density at radius 3 is 2.21 bits per heavy atom. The lowest BCUT2D eigenvalue weighted by molar-refractivity contribution is 0.829. The topological polar surface area (TPSA) is 94.4 Å². The summed E-state index contributed by atoms with van der Waals surface area (Å²) >= 11 is 0. The minimum atomic E-state index is -0.366. The number of aromatic amines is 3. The average Bonchev–Trinajstić information content (AvgIpc) is 3.01. The van der Waals surface area contributed by atoms with Crippen molar-refractivity contribution in [3.05, 3.63) is 85.0 Å². The molecule has 1 aromatic carbocycles. The maximum absolute atomic E-state index is 12.3. The largest absolute Gasteiger partial charge is 0.348 e. The molecule has 0 saturated heterocycles. The number of H-pyrrole nitrogens is 3. The molecule has 24 heavy (non-hydrogen) atoms. The van der Waals surface area contributed by atoms with Gasteiger partial charge in [0.25, 0.3) is 11.1 Å². The zero-order chi connectivity index (χ0) is 17.1. The Morgan fingerprint density at radius 1 is 0.958 bits per heavy atom. The average molecular weight is 322 g/mol. The Bertz CT molecular complexity index is 1070. The number of nitrogens with one attached hydrogen (secondary N) is 3. The first-order chi connectivity index (χ1) is 11.5. The predicted octanol–water partition coefficient (Wildman–Crippen LogP) is 0.567. The van der Waals surface area contributed by atoms with E-state index < -0.39 is 0 Å². The molecule has 0 atom stereocenters. The maximum Gasteiger partial charge on any atom is 0.272 e. The zero-order valence-electron chi connectivity index (χ0n) is 13.5. The first-order valence-corrected chi connectivity index (χ1v) is 7.69. The lowest BCUT2D eigenvalue weighted by atomic mass is 10.1. The van der Waals surface area contributed by atoms with E-state index in [1.807, 2.05) is 44.2 Å². The van der Waals surface area contributed by atoms with Crippen molar-refractivity contribution in [1.29, 1.82) is 0 Å². The zero-order valence-corrected chi connectivity index (χ0v) is 13.5. The van der Waals surface area contributed by atoms with Crippen LogP contribution in [0.5, 0.6) is 0 Å². The standard InChI is InChI=1S/C18H18N4O2/c1-11(2)16-13(19-10-20-16)9-15-18(24)21-14(17(23)22-15)8-12-6-4-3-5-7-12/h3-11H,1-2H3,(H,19,20)(H,21,24)(H,22,23)/b14-8-,15-9-. The summed E-state index contributed by atoms with van der Waals surface area (Å²) in [5.41, 5.74) is 1.67. The van der Waals surface area contributed by atoms with E-state index in [-0.39, 0.29) is 27.7 Å². The third-order valence-corrected chi connectivity index (χ3v) is 3.65. The summed E-state index contributed by atoms with van der Waals surface area (Å²) in [4.78, 5) is 37.0. The normalized spacial score (nSPS) is 13.0. The molecular formula is C18H18N4O2. The number of hydrogen-bond acceptors (Lipinski definition) is 3. The molecular weight excluding hydrogens is 304 g/mol. The van der Waals surface area contributed by atoms with Crippen molar-refractivity contribution in [2.45, 2.75) is 19.8 Å². The summed E-state index contributed by atoms with van der Waals surface area (Å²) in [6, 6.07) is 9.34. The number of imidazole rings is 1. The van der Waals surface area contributed by atoms with Crippen LogP contribution in [-0.2, 0) is 0 Å². The molecule has 0 amide bonds. The molecule has 0 saturated carbocycles. The van der Waals surface area contributed by atoms with E-state index in [1.165, 1.54) is 0 Å². The fourth-order valence-corrected chi connectivity index (χ4v) is 2.44. The van der Waals surface area contributed by atoms with Gasteiger partial charge in [-0.15, -0.1) is 0 Å². The van der Waals surface area contributed by atoms with Gasteiger partial charge in [0.1, 0.15) is 10.7 Å². The lowest BCUT2D eigenvalue weighted by Gasteiger charge is -2.01. The number of hydrogen-bond donors (Lipinski definition) is 3. The van der Waals surface area contributed by atoms with Crippen molar-refractivity contribution >= 4 is 12.2 Å². The van der Waals surface area contributed by atoms with Gasteiger partial charge in [-0.25, -0.2) is 4.98 Å². The Labute approximate surface area is 137 Å². The molecule has 6 nitrogen and oxygen atoms in total. The molecule has 3 aromatic rings. The van der Waals surface area contributed by atoms with Crippen LogP contribution in [0.25, 0.3) is 12.2 Å². The van der Waals surface area contributed by atoms with Crippen molar-refractivity contribution in [3.8, 4) is 0 Å². The molecule has 3 N–H and O–H groups in total. The first kappa shape index (κ1) is 15.7. The quantitative estimate of drug-likeness (QED) is 0.658. The molecule has 0 aliphatic heterocycles. The smallest absolute Gasteiger partial charge is 0.272 e. The molecule has 3 rings (SSSR count). The van der Waals surface area contributed by atoms with Gasteiger partial charge in [-0.2, -0.15) is 0 Å². The van der Waals surface area contributed by atoms with Gasteiger partial charge in [0.15, 0.2) is 0 Å². The molecule has 6 heteroatoms. The second-order valence-electron chi connectivity index (χ2n) is 5.79. The van der Waals surface area contributed by atoms with E-state index in [1.54, 1.807) is 18.5 Å². The Hall–Kier alpha value is -3.15. The van der Waals surface area contributed by atoms with Crippen LogP contribution in [0.2, 0.25) is 0 Å². The molecule has 0 aliphatic carbocycles. The molecule has 0 bridgehead atoms. The molecule has 2 heterocycles.